The van der Waals surface area contributed by atoms with Crippen molar-refractivity contribution in [3.05, 3.63) is 86.3 Å². The van der Waals surface area contributed by atoms with E-state index in [0.717, 1.165) is 16.7 Å². The van der Waals surface area contributed by atoms with Gasteiger partial charge < -0.3 is 28.5 Å². The van der Waals surface area contributed by atoms with Crippen LogP contribution in [-0.4, -0.2) is 49.1 Å². The molecule has 0 spiro atoms. The average Bonchev–Trinajstić information content (AvgIpc) is 2.98. The molecule has 240 valence electrons. The molecule has 3 aromatic rings. The Morgan fingerprint density at radius 3 is 2.36 bits per heavy atom. The first-order valence-electron chi connectivity index (χ1n) is 15.6. The van der Waals surface area contributed by atoms with E-state index < -0.39 is 35.4 Å². The van der Waals surface area contributed by atoms with Crippen molar-refractivity contribution in [3.8, 4) is 5.75 Å². The van der Waals surface area contributed by atoms with Crippen LogP contribution in [0.15, 0.2) is 62.8 Å². The van der Waals surface area contributed by atoms with E-state index in [-0.39, 0.29) is 31.1 Å². The molecule has 45 heavy (non-hydrogen) atoms. The fourth-order valence-corrected chi connectivity index (χ4v) is 6.24. The number of aliphatic hydroxyl groups excluding tert-OH is 1. The molecule has 2 aromatic carbocycles. The first kappa shape index (κ1) is 32.4. The van der Waals surface area contributed by atoms with Crippen molar-refractivity contribution in [2.45, 2.75) is 89.9 Å². The van der Waals surface area contributed by atoms with Gasteiger partial charge in [0.15, 0.2) is 12.2 Å². The summed E-state index contributed by atoms with van der Waals surface area (Å²) in [5, 5.41) is 10.2. The lowest BCUT2D eigenvalue weighted by molar-refractivity contribution is -0.188. The standard InChI is InChI=1S/C36H42O9/c1-21(2)26-15-13-23-11-9-22(10-12-23)7-6-8-29(38)42-32-30-28(45-36(3,4)33(32)44-34(26)39)16-14-24-19-27(35(40)43-31(24)30)25(17-18-37)20-41-5/h9-12,14,16,19,25,32-33,37H,6-8,13,15,17-18,20H2,1-5H3. The van der Waals surface area contributed by atoms with E-state index >= 15 is 0 Å². The Balaban J connectivity index is 1.62. The maximum absolute atomic E-state index is 13.8. The Hall–Kier alpha value is -3.95. The topological polar surface area (TPSA) is 122 Å². The van der Waals surface area contributed by atoms with E-state index in [1.165, 1.54) is 7.11 Å². The van der Waals surface area contributed by atoms with Crippen LogP contribution in [0.2, 0.25) is 0 Å². The van der Waals surface area contributed by atoms with Gasteiger partial charge in [-0.2, -0.15) is 0 Å². The predicted octanol–water partition coefficient (Wildman–Crippen LogP) is 5.88. The fraction of sp³-hybridized carbons (Fsp3) is 0.472. The Labute approximate surface area is 263 Å². The zero-order valence-corrected chi connectivity index (χ0v) is 26.6. The van der Waals surface area contributed by atoms with E-state index in [2.05, 4.69) is 24.3 Å². The molecule has 3 atom stereocenters. The minimum atomic E-state index is -1.10. The Bertz CT molecular complexity index is 1640. The maximum atomic E-state index is 13.8. The number of carbonyl (C=O) groups is 2. The van der Waals surface area contributed by atoms with Crippen LogP contribution in [0.25, 0.3) is 11.0 Å². The predicted molar refractivity (Wildman–Crippen MR) is 168 cm³/mol. The fourth-order valence-electron chi connectivity index (χ4n) is 6.24. The number of aliphatic hydroxyl groups is 1. The highest BCUT2D eigenvalue weighted by Crippen LogP contribution is 2.47. The van der Waals surface area contributed by atoms with E-state index in [0.29, 0.717) is 59.9 Å². The highest BCUT2D eigenvalue weighted by atomic mass is 16.6. The van der Waals surface area contributed by atoms with Gasteiger partial charge in [0.2, 0.25) is 0 Å². The van der Waals surface area contributed by atoms with Crippen LogP contribution >= 0.6 is 0 Å². The van der Waals surface area contributed by atoms with Crippen molar-refractivity contribution < 1.29 is 38.1 Å². The Kier molecular flexibility index (Phi) is 9.79. The highest BCUT2D eigenvalue weighted by molar-refractivity contribution is 5.90. The molecule has 0 fully saturated rings. The van der Waals surface area contributed by atoms with Crippen LogP contribution in [0.4, 0.5) is 0 Å². The summed E-state index contributed by atoms with van der Waals surface area (Å²) in [6.45, 7) is 7.42. The van der Waals surface area contributed by atoms with Crippen LogP contribution < -0.4 is 10.4 Å². The van der Waals surface area contributed by atoms with Crippen LogP contribution in [0.3, 0.4) is 0 Å². The van der Waals surface area contributed by atoms with Crippen molar-refractivity contribution in [2.75, 3.05) is 20.3 Å². The molecule has 0 saturated carbocycles. The first-order chi connectivity index (χ1) is 21.5. The number of ether oxygens (including phenoxy) is 4. The minimum absolute atomic E-state index is 0.122. The van der Waals surface area contributed by atoms with Crippen LogP contribution in [0.5, 0.6) is 5.75 Å². The van der Waals surface area contributed by atoms with Crippen LogP contribution in [-0.2, 0) is 36.6 Å². The van der Waals surface area contributed by atoms with Gasteiger partial charge in [-0.1, -0.05) is 29.8 Å². The van der Waals surface area contributed by atoms with Gasteiger partial charge in [-0.3, -0.25) is 4.79 Å². The number of methoxy groups -OCH3 is 1. The van der Waals surface area contributed by atoms with Crippen molar-refractivity contribution in [2.24, 2.45) is 0 Å². The molecule has 3 unspecified atom stereocenters. The second-order valence-electron chi connectivity index (χ2n) is 12.6. The lowest BCUT2D eigenvalue weighted by Gasteiger charge is -2.43. The summed E-state index contributed by atoms with van der Waals surface area (Å²) in [7, 11) is 1.53. The average molecular weight is 619 g/mol. The molecule has 3 aliphatic heterocycles. The number of rotatable bonds is 5. The van der Waals surface area contributed by atoms with Gasteiger partial charge in [0.25, 0.3) is 0 Å². The maximum Gasteiger partial charge on any atom is 0.339 e. The van der Waals surface area contributed by atoms with Crippen LogP contribution in [0.1, 0.15) is 87.7 Å². The molecule has 3 aliphatic rings. The number of esters is 2. The lowest BCUT2D eigenvalue weighted by Crippen LogP contribution is -2.52. The molecule has 2 bridgehead atoms. The summed E-state index contributed by atoms with van der Waals surface area (Å²) in [5.41, 5.74) is 2.80. The third kappa shape index (κ3) is 6.99. The minimum Gasteiger partial charge on any atom is -0.483 e. The van der Waals surface area contributed by atoms with Crippen molar-refractivity contribution in [1.29, 1.82) is 0 Å². The molecular formula is C36H42O9. The molecular weight excluding hydrogens is 576 g/mol. The van der Waals surface area contributed by atoms with Gasteiger partial charge >= 0.3 is 17.6 Å². The molecule has 0 radical (unpaired) electrons. The SMILES string of the molecule is COCC(CCO)c1cc2ccc3c(c2oc1=O)C1OC(=O)CCCc2ccc(cc2)CCC(=C(C)C)C(=O)OC1C(C)(C)O3. The molecule has 0 aliphatic carbocycles. The molecule has 1 aromatic heterocycles. The number of hydrogen-bond acceptors (Lipinski definition) is 9. The van der Waals surface area contributed by atoms with Gasteiger partial charge in [0.05, 0.1) is 12.2 Å². The first-order valence-corrected chi connectivity index (χ1v) is 15.6. The summed E-state index contributed by atoms with van der Waals surface area (Å²) >= 11 is 0. The van der Waals surface area contributed by atoms with E-state index in [4.69, 9.17) is 23.4 Å². The summed E-state index contributed by atoms with van der Waals surface area (Å²) < 4.78 is 30.0. The largest absolute Gasteiger partial charge is 0.483 e. The third-order valence-corrected chi connectivity index (χ3v) is 8.71. The van der Waals surface area contributed by atoms with Gasteiger partial charge in [-0.05, 0) is 89.1 Å². The van der Waals surface area contributed by atoms with Crippen LogP contribution in [0, 0.1) is 0 Å². The van der Waals surface area contributed by atoms with Crippen molar-refractivity contribution >= 4 is 22.9 Å². The molecule has 6 rings (SSSR count). The quantitative estimate of drug-likeness (QED) is 0.212. The zero-order valence-electron chi connectivity index (χ0n) is 26.6. The number of carbonyl (C=O) groups excluding carboxylic acids is 2. The monoisotopic (exact) mass is 618 g/mol. The van der Waals surface area contributed by atoms with E-state index in [1.54, 1.807) is 32.0 Å². The molecule has 0 amide bonds. The number of aryl methyl sites for hydroxylation is 2. The summed E-state index contributed by atoms with van der Waals surface area (Å²) in [6, 6.07) is 13.5. The summed E-state index contributed by atoms with van der Waals surface area (Å²) in [4.78, 5) is 40.6. The molecule has 9 nitrogen and oxygen atoms in total. The normalized spacial score (nSPS) is 20.9. The number of benzene rings is 2. The number of allylic oxidation sites excluding steroid dienone is 1. The summed E-state index contributed by atoms with van der Waals surface area (Å²) in [6.07, 6.45) is 0.744. The van der Waals surface area contributed by atoms with Crippen molar-refractivity contribution in [3.63, 3.8) is 0 Å². The van der Waals surface area contributed by atoms with Gasteiger partial charge in [0, 0.05) is 42.6 Å². The third-order valence-electron chi connectivity index (χ3n) is 8.71. The number of fused-ring (bicyclic) bond motifs is 13. The molecule has 9 heteroatoms. The Morgan fingerprint density at radius 2 is 1.69 bits per heavy atom. The lowest BCUT2D eigenvalue weighted by atomic mass is 9.86. The van der Waals surface area contributed by atoms with Crippen molar-refractivity contribution in [1.82, 2.24) is 0 Å². The second kappa shape index (κ2) is 13.6. The molecule has 4 heterocycles. The molecule has 1 N–H and O–H groups in total. The summed E-state index contributed by atoms with van der Waals surface area (Å²) in [5.74, 6) is -0.983. The van der Waals surface area contributed by atoms with E-state index in [1.807, 2.05) is 13.8 Å². The van der Waals surface area contributed by atoms with Gasteiger partial charge in [0.1, 0.15) is 16.9 Å². The highest BCUT2D eigenvalue weighted by Gasteiger charge is 2.50. The zero-order chi connectivity index (χ0) is 32.3. The van der Waals surface area contributed by atoms with E-state index in [9.17, 15) is 19.5 Å². The Morgan fingerprint density at radius 1 is 0.978 bits per heavy atom. The van der Waals surface area contributed by atoms with Gasteiger partial charge in [-0.25, -0.2) is 9.59 Å². The molecule has 0 saturated heterocycles. The number of hydrogen-bond donors (Lipinski definition) is 1. The smallest absolute Gasteiger partial charge is 0.339 e. The second-order valence-corrected chi connectivity index (χ2v) is 12.6. The van der Waals surface area contributed by atoms with Gasteiger partial charge in [-0.15, -0.1) is 0 Å².